The number of esters is 1. The summed E-state index contributed by atoms with van der Waals surface area (Å²) in [6.45, 7) is 7.96. The SMILES string of the molecule is C[Si](C)(C)CCOC(=O)CCn1cnc2ccc(Br)cc21. The number of aromatic nitrogens is 2. The Bertz CT molecular complexity index is 634. The van der Waals surface area contributed by atoms with Crippen LogP contribution in [0.25, 0.3) is 11.0 Å². The molecule has 0 radical (unpaired) electrons. The van der Waals surface area contributed by atoms with Crippen LogP contribution in [0.3, 0.4) is 0 Å². The van der Waals surface area contributed by atoms with Crippen molar-refractivity contribution in [2.45, 2.75) is 38.7 Å². The average molecular weight is 369 g/mol. The number of carbonyl (C=O) groups is 1. The maximum Gasteiger partial charge on any atom is 0.307 e. The lowest BCUT2D eigenvalue weighted by Gasteiger charge is -2.15. The number of imidazole rings is 1. The molecule has 1 aromatic carbocycles. The van der Waals surface area contributed by atoms with Crippen molar-refractivity contribution in [3.05, 3.63) is 29.0 Å². The summed E-state index contributed by atoms with van der Waals surface area (Å²) >= 11 is 3.46. The van der Waals surface area contributed by atoms with Gasteiger partial charge in [0.1, 0.15) is 0 Å². The van der Waals surface area contributed by atoms with E-state index in [-0.39, 0.29) is 5.97 Å². The molecule has 0 spiro atoms. The first-order valence-corrected chi connectivity index (χ1v) is 11.6. The van der Waals surface area contributed by atoms with E-state index in [0.717, 1.165) is 21.6 Å². The number of hydrogen-bond donors (Lipinski definition) is 0. The van der Waals surface area contributed by atoms with Gasteiger partial charge in [-0.3, -0.25) is 4.79 Å². The molecular weight excluding hydrogens is 348 g/mol. The topological polar surface area (TPSA) is 44.1 Å². The molecule has 1 aromatic heterocycles. The smallest absolute Gasteiger partial charge is 0.307 e. The summed E-state index contributed by atoms with van der Waals surface area (Å²) in [7, 11) is -1.14. The van der Waals surface area contributed by atoms with Crippen molar-refractivity contribution in [1.29, 1.82) is 0 Å². The fourth-order valence-electron chi connectivity index (χ4n) is 1.96. The van der Waals surface area contributed by atoms with Crippen LogP contribution in [-0.4, -0.2) is 30.2 Å². The van der Waals surface area contributed by atoms with E-state index in [4.69, 9.17) is 4.74 Å². The summed E-state index contributed by atoms with van der Waals surface area (Å²) in [6, 6.07) is 6.95. The first kappa shape index (κ1) is 16.2. The normalized spacial score (nSPS) is 11.8. The highest BCUT2D eigenvalue weighted by Crippen LogP contribution is 2.19. The summed E-state index contributed by atoms with van der Waals surface area (Å²) in [5, 5.41) is 0. The van der Waals surface area contributed by atoms with Gasteiger partial charge in [0.05, 0.1) is 30.4 Å². The minimum atomic E-state index is -1.14. The minimum absolute atomic E-state index is 0.134. The van der Waals surface area contributed by atoms with Crippen LogP contribution >= 0.6 is 15.9 Å². The number of hydrogen-bond acceptors (Lipinski definition) is 3. The summed E-state index contributed by atoms with van der Waals surface area (Å²) in [6.07, 6.45) is 2.15. The van der Waals surface area contributed by atoms with Gasteiger partial charge in [0.2, 0.25) is 0 Å². The average Bonchev–Trinajstić information content (AvgIpc) is 2.77. The molecule has 0 aliphatic carbocycles. The zero-order valence-electron chi connectivity index (χ0n) is 12.7. The van der Waals surface area contributed by atoms with Crippen LogP contribution in [0.4, 0.5) is 0 Å². The highest BCUT2D eigenvalue weighted by molar-refractivity contribution is 9.10. The van der Waals surface area contributed by atoms with E-state index in [9.17, 15) is 4.79 Å². The number of nitrogens with zero attached hydrogens (tertiary/aromatic N) is 2. The molecule has 0 saturated carbocycles. The Morgan fingerprint density at radius 3 is 2.86 bits per heavy atom. The Hall–Kier alpha value is -1.14. The third kappa shape index (κ3) is 4.96. The third-order valence-electron chi connectivity index (χ3n) is 3.26. The second-order valence-corrected chi connectivity index (χ2v) is 12.9. The van der Waals surface area contributed by atoms with Crippen LogP contribution in [0.15, 0.2) is 29.0 Å². The Balaban J connectivity index is 1.87. The fourth-order valence-corrected chi connectivity index (χ4v) is 3.03. The first-order valence-electron chi connectivity index (χ1n) is 7.11. The van der Waals surface area contributed by atoms with Crippen LogP contribution in [0.2, 0.25) is 25.7 Å². The molecule has 0 N–H and O–H groups in total. The molecule has 0 unspecified atom stereocenters. The maximum absolute atomic E-state index is 11.8. The predicted octanol–water partition coefficient (Wildman–Crippen LogP) is 4.07. The number of halogens is 1. The minimum Gasteiger partial charge on any atom is -0.466 e. The molecule has 2 rings (SSSR count). The molecule has 1 heterocycles. The van der Waals surface area contributed by atoms with Crippen molar-refractivity contribution >= 4 is 41.0 Å². The largest absolute Gasteiger partial charge is 0.466 e. The summed E-state index contributed by atoms with van der Waals surface area (Å²) in [5.74, 6) is -0.134. The molecular formula is C15H21BrN2O2Si. The number of rotatable bonds is 6. The molecule has 0 fully saturated rings. The predicted molar refractivity (Wildman–Crippen MR) is 91.2 cm³/mol. The fraction of sp³-hybridized carbons (Fsp3) is 0.467. The van der Waals surface area contributed by atoms with Gasteiger partial charge in [-0.15, -0.1) is 0 Å². The van der Waals surface area contributed by atoms with Gasteiger partial charge in [-0.1, -0.05) is 35.6 Å². The zero-order valence-corrected chi connectivity index (χ0v) is 15.3. The van der Waals surface area contributed by atoms with Gasteiger partial charge >= 0.3 is 5.97 Å². The molecule has 21 heavy (non-hydrogen) atoms. The molecule has 0 bridgehead atoms. The van der Waals surface area contributed by atoms with Gasteiger partial charge in [0, 0.05) is 19.1 Å². The summed E-state index contributed by atoms with van der Waals surface area (Å²) in [5.41, 5.74) is 1.96. The summed E-state index contributed by atoms with van der Waals surface area (Å²) < 4.78 is 8.30. The van der Waals surface area contributed by atoms with E-state index in [2.05, 4.69) is 40.6 Å². The Labute approximate surface area is 134 Å². The van der Waals surface area contributed by atoms with Crippen molar-refractivity contribution < 1.29 is 9.53 Å². The van der Waals surface area contributed by atoms with E-state index >= 15 is 0 Å². The number of benzene rings is 1. The van der Waals surface area contributed by atoms with E-state index in [1.165, 1.54) is 0 Å². The quantitative estimate of drug-likeness (QED) is 0.570. The lowest BCUT2D eigenvalue weighted by Crippen LogP contribution is -2.22. The van der Waals surface area contributed by atoms with E-state index in [1.54, 1.807) is 6.33 Å². The molecule has 0 aliphatic heterocycles. The number of aryl methyl sites for hydroxylation is 1. The van der Waals surface area contributed by atoms with Crippen LogP contribution in [-0.2, 0) is 16.1 Å². The van der Waals surface area contributed by atoms with E-state index < -0.39 is 8.07 Å². The van der Waals surface area contributed by atoms with Crippen molar-refractivity contribution in [2.24, 2.45) is 0 Å². The number of ether oxygens (including phenoxy) is 1. The molecule has 114 valence electrons. The molecule has 0 atom stereocenters. The van der Waals surface area contributed by atoms with Crippen LogP contribution in [0, 0.1) is 0 Å². The third-order valence-corrected chi connectivity index (χ3v) is 5.45. The van der Waals surface area contributed by atoms with Gasteiger partial charge in [0.25, 0.3) is 0 Å². The van der Waals surface area contributed by atoms with Gasteiger partial charge in [-0.25, -0.2) is 4.98 Å². The van der Waals surface area contributed by atoms with Crippen molar-refractivity contribution in [3.63, 3.8) is 0 Å². The van der Waals surface area contributed by atoms with Gasteiger partial charge in [0.15, 0.2) is 0 Å². The van der Waals surface area contributed by atoms with Gasteiger partial charge in [-0.2, -0.15) is 0 Å². The van der Waals surface area contributed by atoms with Crippen LogP contribution in [0.5, 0.6) is 0 Å². The van der Waals surface area contributed by atoms with Crippen molar-refractivity contribution in [2.75, 3.05) is 6.61 Å². The number of carbonyl (C=O) groups excluding carboxylic acids is 1. The monoisotopic (exact) mass is 368 g/mol. The lowest BCUT2D eigenvalue weighted by atomic mass is 10.3. The maximum atomic E-state index is 11.8. The van der Waals surface area contributed by atoms with Gasteiger partial charge in [-0.05, 0) is 24.2 Å². The van der Waals surface area contributed by atoms with Crippen molar-refractivity contribution in [3.8, 4) is 0 Å². The summed E-state index contributed by atoms with van der Waals surface area (Å²) in [4.78, 5) is 16.1. The molecule has 2 aromatic rings. The molecule has 6 heteroatoms. The zero-order chi connectivity index (χ0) is 15.5. The Kier molecular flexibility index (Phi) is 5.21. The molecule has 0 amide bonds. The van der Waals surface area contributed by atoms with Crippen LogP contribution in [0.1, 0.15) is 6.42 Å². The van der Waals surface area contributed by atoms with Gasteiger partial charge < -0.3 is 9.30 Å². The molecule has 0 saturated heterocycles. The van der Waals surface area contributed by atoms with E-state index in [0.29, 0.717) is 19.6 Å². The lowest BCUT2D eigenvalue weighted by molar-refractivity contribution is -0.143. The molecule has 0 aliphatic rings. The highest BCUT2D eigenvalue weighted by atomic mass is 79.9. The Morgan fingerprint density at radius 2 is 2.14 bits per heavy atom. The Morgan fingerprint density at radius 1 is 1.38 bits per heavy atom. The van der Waals surface area contributed by atoms with E-state index in [1.807, 2.05) is 22.8 Å². The first-order chi connectivity index (χ1) is 9.85. The standard InChI is InChI=1S/C15H21BrN2O2Si/c1-21(2,3)9-8-20-15(19)6-7-18-11-17-13-5-4-12(16)10-14(13)18/h4-5,10-11H,6-9H2,1-3H3. The van der Waals surface area contributed by atoms with Crippen molar-refractivity contribution in [1.82, 2.24) is 9.55 Å². The molecule has 4 nitrogen and oxygen atoms in total. The number of fused-ring (bicyclic) bond motifs is 1. The second-order valence-electron chi connectivity index (χ2n) is 6.35. The second kappa shape index (κ2) is 6.75. The van der Waals surface area contributed by atoms with Crippen LogP contribution < -0.4 is 0 Å². The highest BCUT2D eigenvalue weighted by Gasteiger charge is 2.14.